The van der Waals surface area contributed by atoms with Crippen molar-refractivity contribution in [3.05, 3.63) is 77.4 Å². The van der Waals surface area contributed by atoms with E-state index in [-0.39, 0.29) is 6.10 Å². The molecule has 0 bridgehead atoms. The first kappa shape index (κ1) is 19.7. The summed E-state index contributed by atoms with van der Waals surface area (Å²) in [7, 11) is 0. The molecule has 0 aliphatic heterocycles. The number of benzene rings is 3. The molecule has 2 N–H and O–H groups in total. The Hall–Kier alpha value is -2.58. The van der Waals surface area contributed by atoms with Gasteiger partial charge in [-0.05, 0) is 68.6 Å². The number of fused-ring (bicyclic) bond motifs is 1. The lowest BCUT2D eigenvalue weighted by atomic mass is 9.92. The highest BCUT2D eigenvalue weighted by molar-refractivity contribution is 5.84. The highest BCUT2D eigenvalue weighted by Crippen LogP contribution is 2.51. The van der Waals surface area contributed by atoms with Gasteiger partial charge in [0.2, 0.25) is 0 Å². The van der Waals surface area contributed by atoms with Crippen molar-refractivity contribution in [1.29, 1.82) is 0 Å². The number of hydrogen-bond acceptors (Lipinski definition) is 2. The number of phenols is 1. The van der Waals surface area contributed by atoms with Crippen LogP contribution in [0.25, 0.3) is 22.3 Å². The van der Waals surface area contributed by atoms with Crippen LogP contribution < -0.4 is 0 Å². The van der Waals surface area contributed by atoms with Gasteiger partial charge in [0.05, 0.1) is 6.10 Å². The van der Waals surface area contributed by atoms with E-state index in [1.54, 1.807) is 0 Å². The van der Waals surface area contributed by atoms with Gasteiger partial charge < -0.3 is 10.2 Å². The van der Waals surface area contributed by atoms with E-state index in [1.807, 2.05) is 31.2 Å². The summed E-state index contributed by atoms with van der Waals surface area (Å²) in [4.78, 5) is 0. The molecule has 0 heterocycles. The summed E-state index contributed by atoms with van der Waals surface area (Å²) < 4.78 is 0. The molecule has 0 spiro atoms. The molecular formula is C27H30O2. The average Bonchev–Trinajstić information content (AvgIpc) is 3.39. The number of aryl methyl sites for hydroxylation is 3. The molecule has 3 unspecified atom stereocenters. The van der Waals surface area contributed by atoms with Crippen LogP contribution in [-0.4, -0.2) is 16.3 Å². The number of aliphatic hydroxyl groups excluding tert-OH is 1. The minimum absolute atomic E-state index is 0.0880. The van der Waals surface area contributed by atoms with E-state index < -0.39 is 0 Å². The van der Waals surface area contributed by atoms with Gasteiger partial charge in [-0.3, -0.25) is 0 Å². The molecule has 2 nitrogen and oxygen atoms in total. The third kappa shape index (κ3) is 4.23. The zero-order valence-electron chi connectivity index (χ0n) is 17.5. The summed E-state index contributed by atoms with van der Waals surface area (Å²) in [5, 5.41) is 19.9. The summed E-state index contributed by atoms with van der Waals surface area (Å²) in [6.07, 6.45) is 3.78. The lowest BCUT2D eigenvalue weighted by molar-refractivity contribution is 0.159. The number of aliphatic hydroxyl groups is 1. The van der Waals surface area contributed by atoms with Crippen molar-refractivity contribution < 1.29 is 10.2 Å². The van der Waals surface area contributed by atoms with Gasteiger partial charge in [-0.15, -0.1) is 0 Å². The monoisotopic (exact) mass is 386 g/mol. The van der Waals surface area contributed by atoms with E-state index in [2.05, 4.69) is 50.2 Å². The van der Waals surface area contributed by atoms with Crippen LogP contribution in [0.1, 0.15) is 36.0 Å². The highest BCUT2D eigenvalue weighted by atomic mass is 16.3. The smallest absolute Gasteiger partial charge is 0.131 e. The Morgan fingerprint density at radius 2 is 1.45 bits per heavy atom. The fourth-order valence-electron chi connectivity index (χ4n) is 4.58. The first-order chi connectivity index (χ1) is 13.9. The Bertz CT molecular complexity index is 1020. The predicted molar refractivity (Wildman–Crippen MR) is 120 cm³/mol. The second-order valence-corrected chi connectivity index (χ2v) is 8.70. The maximum Gasteiger partial charge on any atom is 0.131 e. The van der Waals surface area contributed by atoms with E-state index in [0.29, 0.717) is 5.75 Å². The largest absolute Gasteiger partial charge is 0.507 e. The molecule has 0 amide bonds. The van der Waals surface area contributed by atoms with Crippen molar-refractivity contribution in [2.24, 2.45) is 11.8 Å². The van der Waals surface area contributed by atoms with E-state index >= 15 is 0 Å². The summed E-state index contributed by atoms with van der Waals surface area (Å²) in [5.41, 5.74) is 7.37. The zero-order chi connectivity index (χ0) is 20.5. The van der Waals surface area contributed by atoms with Crippen molar-refractivity contribution in [3.8, 4) is 28.0 Å². The van der Waals surface area contributed by atoms with Crippen molar-refractivity contribution in [2.75, 3.05) is 0 Å². The summed E-state index contributed by atoms with van der Waals surface area (Å²) >= 11 is 0. The summed E-state index contributed by atoms with van der Waals surface area (Å²) in [5.74, 6) is 2.03. The van der Waals surface area contributed by atoms with Crippen molar-refractivity contribution in [2.45, 2.75) is 46.1 Å². The van der Waals surface area contributed by atoms with Crippen LogP contribution in [0.2, 0.25) is 0 Å². The van der Waals surface area contributed by atoms with E-state index in [0.717, 1.165) is 46.1 Å². The molecule has 5 rings (SSSR count). The average molecular weight is 387 g/mol. The molecule has 3 atom stereocenters. The van der Waals surface area contributed by atoms with Crippen molar-refractivity contribution >= 4 is 0 Å². The maximum absolute atomic E-state index is 10.9. The van der Waals surface area contributed by atoms with Crippen molar-refractivity contribution in [3.63, 3.8) is 0 Å². The lowest BCUT2D eigenvalue weighted by Gasteiger charge is -2.14. The molecular weight excluding hydrogens is 356 g/mol. The molecule has 2 aliphatic rings. The van der Waals surface area contributed by atoms with Gasteiger partial charge in [0.15, 0.2) is 0 Å². The van der Waals surface area contributed by atoms with Crippen LogP contribution in [0.15, 0.2) is 60.7 Å². The molecule has 3 aromatic carbocycles. The zero-order valence-corrected chi connectivity index (χ0v) is 17.5. The van der Waals surface area contributed by atoms with E-state index in [9.17, 15) is 5.11 Å². The van der Waals surface area contributed by atoms with E-state index in [1.165, 1.54) is 24.0 Å². The second kappa shape index (κ2) is 8.04. The number of hydrogen-bond donors (Lipinski definition) is 2. The Kier molecular flexibility index (Phi) is 5.47. The lowest BCUT2D eigenvalue weighted by Crippen LogP contribution is -2.02. The Morgan fingerprint density at radius 1 is 0.793 bits per heavy atom. The standard InChI is InChI=1S/C21H20O.C6H10O/c1-14-6-4-8-17(12-14)19-11-10-16(3)20(21(19)22)18-9-5-7-15(2)13-18;7-6-2-1-4-3-5(4)6/h4-13,22H,1-3H3;4-7H,1-3H2. The Labute approximate surface area is 173 Å². The first-order valence-corrected chi connectivity index (χ1v) is 10.6. The molecule has 2 fully saturated rings. The Morgan fingerprint density at radius 3 is 1.97 bits per heavy atom. The molecule has 2 heteroatoms. The normalized spacial score (nSPS) is 21.9. The van der Waals surface area contributed by atoms with Crippen LogP contribution in [0.5, 0.6) is 5.75 Å². The number of phenolic OH excluding ortho intramolecular Hbond substituents is 1. The third-order valence-electron chi connectivity index (χ3n) is 6.33. The molecule has 3 aromatic rings. The molecule has 29 heavy (non-hydrogen) atoms. The summed E-state index contributed by atoms with van der Waals surface area (Å²) in [6, 6.07) is 20.6. The van der Waals surface area contributed by atoms with Crippen LogP contribution in [0.3, 0.4) is 0 Å². The molecule has 2 aliphatic carbocycles. The SMILES string of the molecule is Cc1cccc(-c2ccc(C)c(-c3cccc(C)c3)c2O)c1.OC1CCC2CC12. The number of rotatable bonds is 2. The van der Waals surface area contributed by atoms with E-state index in [4.69, 9.17) is 5.11 Å². The van der Waals surface area contributed by atoms with Crippen LogP contribution >= 0.6 is 0 Å². The topological polar surface area (TPSA) is 40.5 Å². The van der Waals surface area contributed by atoms with Gasteiger partial charge in [0.25, 0.3) is 0 Å². The quantitative estimate of drug-likeness (QED) is 0.533. The van der Waals surface area contributed by atoms with Gasteiger partial charge >= 0.3 is 0 Å². The van der Waals surface area contributed by atoms with Gasteiger partial charge in [0, 0.05) is 11.1 Å². The minimum Gasteiger partial charge on any atom is -0.507 e. The first-order valence-electron chi connectivity index (χ1n) is 10.6. The van der Waals surface area contributed by atoms with Crippen LogP contribution in [0, 0.1) is 32.6 Å². The van der Waals surface area contributed by atoms with Crippen LogP contribution in [-0.2, 0) is 0 Å². The Balaban J connectivity index is 0.000000243. The molecule has 2 saturated carbocycles. The number of aromatic hydroxyl groups is 1. The maximum atomic E-state index is 10.9. The molecule has 0 aromatic heterocycles. The van der Waals surface area contributed by atoms with Gasteiger partial charge in [0.1, 0.15) is 5.75 Å². The third-order valence-corrected chi connectivity index (χ3v) is 6.33. The van der Waals surface area contributed by atoms with Gasteiger partial charge in [-0.2, -0.15) is 0 Å². The fourth-order valence-corrected chi connectivity index (χ4v) is 4.58. The van der Waals surface area contributed by atoms with Gasteiger partial charge in [-0.25, -0.2) is 0 Å². The second-order valence-electron chi connectivity index (χ2n) is 8.70. The van der Waals surface area contributed by atoms with Crippen molar-refractivity contribution in [1.82, 2.24) is 0 Å². The fraction of sp³-hybridized carbons (Fsp3) is 0.333. The van der Waals surface area contributed by atoms with Gasteiger partial charge in [-0.1, -0.05) is 71.8 Å². The predicted octanol–water partition coefficient (Wildman–Crippen LogP) is 6.43. The minimum atomic E-state index is 0.0880. The molecule has 0 saturated heterocycles. The summed E-state index contributed by atoms with van der Waals surface area (Å²) in [6.45, 7) is 6.17. The van der Waals surface area contributed by atoms with Crippen LogP contribution in [0.4, 0.5) is 0 Å². The molecule has 0 radical (unpaired) electrons. The molecule has 150 valence electrons. The highest BCUT2D eigenvalue weighted by Gasteiger charge is 2.47.